The van der Waals surface area contributed by atoms with Crippen LogP contribution in [0.1, 0.15) is 45.4 Å². The Balaban J connectivity index is 1.43. The fraction of sp³-hybridized carbons (Fsp3) is 0.545. The Hall–Kier alpha value is -1.99. The van der Waals surface area contributed by atoms with Gasteiger partial charge in [0, 0.05) is 23.0 Å². The molecule has 4 aliphatic carbocycles. The van der Waals surface area contributed by atoms with Crippen LogP contribution in [0.3, 0.4) is 0 Å². The van der Waals surface area contributed by atoms with E-state index in [4.69, 9.17) is 11.6 Å². The molecule has 0 heterocycles. The van der Waals surface area contributed by atoms with Gasteiger partial charge in [-0.2, -0.15) is 5.26 Å². The van der Waals surface area contributed by atoms with Crippen LogP contribution in [0.25, 0.3) is 0 Å². The summed E-state index contributed by atoms with van der Waals surface area (Å²) >= 11 is 5.95. The summed E-state index contributed by atoms with van der Waals surface area (Å²) in [5.74, 6) is 2.23. The summed E-state index contributed by atoms with van der Waals surface area (Å²) < 4.78 is 0. The van der Waals surface area contributed by atoms with E-state index in [1.54, 1.807) is 30.5 Å². The van der Waals surface area contributed by atoms with Gasteiger partial charge in [0.15, 0.2) is 0 Å². The molecule has 1 amide bonds. The maximum Gasteiger partial charge on any atom is 0.267 e. The number of nitrogens with zero attached hydrogens (tertiary/aromatic N) is 1. The van der Waals surface area contributed by atoms with Crippen LogP contribution in [0.5, 0.6) is 0 Å². The standard InChI is InChI=1S/C22H26ClN3O/c1-14(22-9-15-5-16(10-22)7-17(6-15)11-22)25-13-18(12-24)21(27)26-20-4-2-3-19(23)8-20/h2-4,8,13-17,25H,5-7,9-11H2,1H3,(H,26,27)/b18-13-. The van der Waals surface area contributed by atoms with Gasteiger partial charge in [0.05, 0.1) is 0 Å². The number of amides is 1. The number of halogens is 1. The number of carbonyl (C=O) groups is 1. The highest BCUT2D eigenvalue weighted by Crippen LogP contribution is 2.61. The first-order valence-electron chi connectivity index (χ1n) is 9.91. The van der Waals surface area contributed by atoms with E-state index in [9.17, 15) is 10.1 Å². The quantitative estimate of drug-likeness (QED) is 0.562. The minimum atomic E-state index is -0.412. The van der Waals surface area contributed by atoms with Gasteiger partial charge in [0.2, 0.25) is 0 Å². The summed E-state index contributed by atoms with van der Waals surface area (Å²) in [7, 11) is 0. The van der Waals surface area contributed by atoms with Crippen molar-refractivity contribution in [3.8, 4) is 6.07 Å². The smallest absolute Gasteiger partial charge is 0.267 e. The molecule has 27 heavy (non-hydrogen) atoms. The third kappa shape index (κ3) is 3.71. The van der Waals surface area contributed by atoms with Crippen molar-refractivity contribution >= 4 is 23.2 Å². The van der Waals surface area contributed by atoms with Crippen LogP contribution < -0.4 is 10.6 Å². The lowest BCUT2D eigenvalue weighted by Crippen LogP contribution is -2.54. The highest BCUT2D eigenvalue weighted by atomic mass is 35.5. The van der Waals surface area contributed by atoms with E-state index in [0.717, 1.165) is 17.8 Å². The van der Waals surface area contributed by atoms with E-state index in [0.29, 0.717) is 16.1 Å². The molecule has 0 aliphatic heterocycles. The average molecular weight is 384 g/mol. The molecular formula is C22H26ClN3O. The third-order valence-corrected chi connectivity index (χ3v) is 7.16. The number of anilines is 1. The molecule has 0 saturated heterocycles. The summed E-state index contributed by atoms with van der Waals surface area (Å²) in [6, 6.07) is 9.22. The Labute approximate surface area is 166 Å². The lowest BCUT2D eigenvalue weighted by Gasteiger charge is -2.59. The molecule has 4 nitrogen and oxygen atoms in total. The molecule has 1 aromatic carbocycles. The van der Waals surface area contributed by atoms with Gasteiger partial charge >= 0.3 is 0 Å². The summed E-state index contributed by atoms with van der Waals surface area (Å²) in [5.41, 5.74) is 1.00. The number of nitriles is 1. The van der Waals surface area contributed by atoms with E-state index in [1.807, 2.05) is 6.07 Å². The topological polar surface area (TPSA) is 64.9 Å². The SMILES string of the molecule is CC(N/C=C(/C#N)C(=O)Nc1cccc(Cl)c1)C12CC3CC(CC(C3)C1)C2. The summed E-state index contributed by atoms with van der Waals surface area (Å²) in [4.78, 5) is 12.4. The van der Waals surface area contributed by atoms with Crippen molar-refractivity contribution in [1.82, 2.24) is 5.32 Å². The fourth-order valence-electron chi connectivity index (χ4n) is 6.01. The molecule has 0 aromatic heterocycles. The van der Waals surface area contributed by atoms with Crippen molar-refractivity contribution in [2.45, 2.75) is 51.5 Å². The maximum atomic E-state index is 12.4. The second-order valence-electron chi connectivity index (χ2n) is 8.80. The summed E-state index contributed by atoms with van der Waals surface area (Å²) in [5, 5.41) is 16.1. The second kappa shape index (κ2) is 7.20. The van der Waals surface area contributed by atoms with Gasteiger partial charge in [-0.25, -0.2) is 0 Å². The van der Waals surface area contributed by atoms with Crippen molar-refractivity contribution in [2.75, 3.05) is 5.32 Å². The van der Waals surface area contributed by atoms with Crippen LogP contribution in [-0.2, 0) is 4.79 Å². The molecular weight excluding hydrogens is 358 g/mol. The van der Waals surface area contributed by atoms with Crippen molar-refractivity contribution < 1.29 is 4.79 Å². The molecule has 1 atom stereocenters. The normalized spacial score (nSPS) is 32.6. The largest absolute Gasteiger partial charge is 0.387 e. The van der Waals surface area contributed by atoms with Gasteiger partial charge in [-0.1, -0.05) is 17.7 Å². The zero-order chi connectivity index (χ0) is 19.0. The van der Waals surface area contributed by atoms with E-state index in [2.05, 4.69) is 17.6 Å². The zero-order valence-electron chi connectivity index (χ0n) is 15.7. The number of rotatable bonds is 5. The van der Waals surface area contributed by atoms with Gasteiger partial charge in [0.1, 0.15) is 11.6 Å². The molecule has 1 aromatic rings. The van der Waals surface area contributed by atoms with Gasteiger partial charge < -0.3 is 10.6 Å². The number of hydrogen-bond acceptors (Lipinski definition) is 3. The summed E-state index contributed by atoms with van der Waals surface area (Å²) in [6.45, 7) is 2.22. The minimum Gasteiger partial charge on any atom is -0.387 e. The number of carbonyl (C=O) groups excluding carboxylic acids is 1. The van der Waals surface area contributed by atoms with Crippen LogP contribution in [0.2, 0.25) is 5.02 Å². The Morgan fingerprint density at radius 1 is 1.26 bits per heavy atom. The Bertz CT molecular complexity index is 775. The highest BCUT2D eigenvalue weighted by molar-refractivity contribution is 6.31. The van der Waals surface area contributed by atoms with Crippen LogP contribution in [0.15, 0.2) is 36.0 Å². The zero-order valence-corrected chi connectivity index (χ0v) is 16.4. The van der Waals surface area contributed by atoms with E-state index in [1.165, 1.54) is 38.5 Å². The molecule has 0 spiro atoms. The van der Waals surface area contributed by atoms with Crippen LogP contribution >= 0.6 is 11.6 Å². The van der Waals surface area contributed by atoms with Crippen molar-refractivity contribution in [3.63, 3.8) is 0 Å². The monoisotopic (exact) mass is 383 g/mol. The van der Waals surface area contributed by atoms with Gasteiger partial charge in [0.25, 0.3) is 5.91 Å². The molecule has 142 valence electrons. The maximum absolute atomic E-state index is 12.4. The van der Waals surface area contributed by atoms with Gasteiger partial charge in [-0.15, -0.1) is 0 Å². The lowest BCUT2D eigenvalue weighted by molar-refractivity contribution is -0.112. The first-order chi connectivity index (χ1) is 13.0. The minimum absolute atomic E-state index is 0.0894. The van der Waals surface area contributed by atoms with Crippen molar-refractivity contribution in [1.29, 1.82) is 5.26 Å². The summed E-state index contributed by atoms with van der Waals surface area (Å²) in [6.07, 6.45) is 9.70. The predicted molar refractivity (Wildman–Crippen MR) is 107 cm³/mol. The van der Waals surface area contributed by atoms with Crippen molar-refractivity contribution in [2.24, 2.45) is 23.2 Å². The first kappa shape index (κ1) is 18.4. The van der Waals surface area contributed by atoms with E-state index < -0.39 is 5.91 Å². The Morgan fingerprint density at radius 3 is 2.44 bits per heavy atom. The Morgan fingerprint density at radius 2 is 1.89 bits per heavy atom. The van der Waals surface area contributed by atoms with E-state index in [-0.39, 0.29) is 11.6 Å². The van der Waals surface area contributed by atoms with Crippen LogP contribution in [-0.4, -0.2) is 11.9 Å². The van der Waals surface area contributed by atoms with Crippen molar-refractivity contribution in [3.05, 3.63) is 41.1 Å². The number of nitrogens with one attached hydrogen (secondary N) is 2. The molecule has 4 fully saturated rings. The molecule has 4 aliphatic rings. The average Bonchev–Trinajstić information content (AvgIpc) is 2.61. The molecule has 4 bridgehead atoms. The fourth-order valence-corrected chi connectivity index (χ4v) is 6.20. The van der Waals surface area contributed by atoms with Gasteiger partial charge in [-0.05, 0) is 86.8 Å². The lowest BCUT2D eigenvalue weighted by atomic mass is 9.48. The third-order valence-electron chi connectivity index (χ3n) is 6.93. The predicted octanol–water partition coefficient (Wildman–Crippen LogP) is 4.88. The van der Waals surface area contributed by atoms with Crippen LogP contribution in [0.4, 0.5) is 5.69 Å². The van der Waals surface area contributed by atoms with Gasteiger partial charge in [-0.3, -0.25) is 4.79 Å². The molecule has 0 radical (unpaired) electrons. The van der Waals surface area contributed by atoms with E-state index >= 15 is 0 Å². The van der Waals surface area contributed by atoms with Crippen LogP contribution in [0, 0.1) is 34.5 Å². The number of hydrogen-bond donors (Lipinski definition) is 2. The first-order valence-corrected chi connectivity index (χ1v) is 10.3. The number of benzene rings is 1. The molecule has 1 unspecified atom stereocenters. The molecule has 4 saturated carbocycles. The Kier molecular flexibility index (Phi) is 4.90. The highest BCUT2D eigenvalue weighted by Gasteiger charge is 2.52. The molecule has 5 rings (SSSR count). The molecule has 2 N–H and O–H groups in total. The second-order valence-corrected chi connectivity index (χ2v) is 9.24. The molecule has 5 heteroatoms.